The fourth-order valence-corrected chi connectivity index (χ4v) is 9.89. The number of fused-ring (bicyclic) bond motifs is 1. The highest BCUT2D eigenvalue weighted by Gasteiger charge is 2.80. The first kappa shape index (κ1) is 20.7. The molecule has 5 fully saturated rings. The highest BCUT2D eigenvalue weighted by Crippen LogP contribution is 2.79. The predicted molar refractivity (Wildman–Crippen MR) is 115 cm³/mol. The highest BCUT2D eigenvalue weighted by atomic mass is 28.4. The van der Waals surface area contributed by atoms with E-state index in [1.165, 1.54) is 12.7 Å². The smallest absolute Gasteiger partial charge is 0.312 e. The molecule has 5 rings (SSSR count). The van der Waals surface area contributed by atoms with Crippen molar-refractivity contribution in [2.24, 2.45) is 39.9 Å². The Morgan fingerprint density at radius 1 is 1.23 bits per heavy atom. The molecular weight excluding hydrogens is 396 g/mol. The van der Waals surface area contributed by atoms with Gasteiger partial charge in [-0.15, -0.1) is 0 Å². The van der Waals surface area contributed by atoms with Crippen LogP contribution < -0.4 is 0 Å². The minimum atomic E-state index is -1.89. The number of methoxy groups -OCH3 is 1. The Kier molecular flexibility index (Phi) is 4.30. The largest absolute Gasteiger partial charge is 0.469 e. The van der Waals surface area contributed by atoms with E-state index in [4.69, 9.17) is 13.9 Å². The quantitative estimate of drug-likeness (QED) is 0.377. The van der Waals surface area contributed by atoms with E-state index in [1.54, 1.807) is 0 Å². The minimum absolute atomic E-state index is 0.0326. The van der Waals surface area contributed by atoms with Crippen molar-refractivity contribution in [1.29, 1.82) is 0 Å². The van der Waals surface area contributed by atoms with Crippen molar-refractivity contribution in [3.05, 3.63) is 12.2 Å². The van der Waals surface area contributed by atoms with E-state index in [0.29, 0.717) is 18.4 Å². The van der Waals surface area contributed by atoms with Crippen molar-refractivity contribution >= 4 is 20.3 Å². The van der Waals surface area contributed by atoms with Crippen LogP contribution in [0.1, 0.15) is 45.4 Å². The van der Waals surface area contributed by atoms with Gasteiger partial charge in [0.15, 0.2) is 8.32 Å². The Morgan fingerprint density at radius 2 is 1.97 bits per heavy atom. The average Bonchev–Trinajstić information content (AvgIpc) is 3.06. The Labute approximate surface area is 181 Å². The van der Waals surface area contributed by atoms with E-state index in [2.05, 4.69) is 26.2 Å². The van der Waals surface area contributed by atoms with Crippen molar-refractivity contribution < 1.29 is 23.5 Å². The number of hydrogen-bond donors (Lipinski definition) is 0. The maximum absolute atomic E-state index is 13.6. The standard InChI is InChI=1S/C24H36O5Si/c1-14-15-8-9-16-23-11-7-10-22(2,21(26)28-13-23)18(23)17(20(25)27-3)24(16,12-15)19(14)29-30(4,5)6/h15-19H,1,7-13H2,2-6H3/t15-,16?,17?,18?,19-,22?,23-,24-/m1/s1. The van der Waals surface area contributed by atoms with Crippen molar-refractivity contribution in [3.8, 4) is 0 Å². The molecular formula is C24H36O5Si. The molecule has 0 N–H and O–H groups in total. The number of hydrogen-bond acceptors (Lipinski definition) is 5. The van der Waals surface area contributed by atoms with Crippen LogP contribution in [0.4, 0.5) is 0 Å². The molecule has 4 bridgehead atoms. The first-order valence-electron chi connectivity index (χ1n) is 11.6. The third-order valence-corrected chi connectivity index (χ3v) is 10.5. The van der Waals surface area contributed by atoms with Crippen LogP contribution >= 0.6 is 0 Å². The summed E-state index contributed by atoms with van der Waals surface area (Å²) in [7, 11) is -0.395. The number of carbonyl (C=O) groups excluding carboxylic acids is 2. The summed E-state index contributed by atoms with van der Waals surface area (Å²) in [4.78, 5) is 26.6. The van der Waals surface area contributed by atoms with Crippen LogP contribution in [0.25, 0.3) is 0 Å². The zero-order chi connectivity index (χ0) is 21.7. The van der Waals surface area contributed by atoms with Gasteiger partial charge in [0.25, 0.3) is 0 Å². The number of ether oxygens (including phenoxy) is 2. The van der Waals surface area contributed by atoms with Gasteiger partial charge in [-0.25, -0.2) is 0 Å². The molecule has 8 atom stereocenters. The zero-order valence-corrected chi connectivity index (χ0v) is 20.1. The van der Waals surface area contributed by atoms with Crippen molar-refractivity contribution in [1.82, 2.24) is 0 Å². The molecule has 4 aliphatic carbocycles. The van der Waals surface area contributed by atoms with Crippen LogP contribution in [0.5, 0.6) is 0 Å². The van der Waals surface area contributed by atoms with Gasteiger partial charge in [0, 0.05) is 10.8 Å². The van der Waals surface area contributed by atoms with E-state index in [0.717, 1.165) is 38.5 Å². The summed E-state index contributed by atoms with van der Waals surface area (Å²) in [6, 6.07) is 0. The second-order valence-corrected chi connectivity index (χ2v) is 16.3. The molecule has 1 spiro atoms. The number of rotatable bonds is 3. The van der Waals surface area contributed by atoms with Crippen molar-refractivity contribution in [3.63, 3.8) is 0 Å². The Bertz CT molecular complexity index is 817. The molecule has 166 valence electrons. The lowest BCUT2D eigenvalue weighted by Gasteiger charge is -2.55. The first-order chi connectivity index (χ1) is 14.0. The zero-order valence-electron chi connectivity index (χ0n) is 19.1. The summed E-state index contributed by atoms with van der Waals surface area (Å²) in [5.41, 5.74) is 0.0920. The Hall–Kier alpha value is -1.14. The number of cyclic esters (lactones) is 1. The summed E-state index contributed by atoms with van der Waals surface area (Å²) in [6.45, 7) is 13.7. The third kappa shape index (κ3) is 2.33. The van der Waals surface area contributed by atoms with Gasteiger partial charge >= 0.3 is 11.9 Å². The molecule has 5 aliphatic rings. The molecule has 0 amide bonds. The van der Waals surface area contributed by atoms with Crippen LogP contribution in [-0.2, 0) is 23.5 Å². The van der Waals surface area contributed by atoms with Crippen LogP contribution in [0, 0.1) is 39.9 Å². The van der Waals surface area contributed by atoms with Crippen LogP contribution in [0.2, 0.25) is 19.6 Å². The monoisotopic (exact) mass is 432 g/mol. The van der Waals surface area contributed by atoms with E-state index in [1.807, 2.05) is 6.92 Å². The molecule has 4 saturated carbocycles. The molecule has 5 nitrogen and oxygen atoms in total. The van der Waals surface area contributed by atoms with Gasteiger partial charge < -0.3 is 13.9 Å². The van der Waals surface area contributed by atoms with Gasteiger partial charge in [-0.05, 0) is 82.0 Å². The molecule has 0 aromatic heterocycles. The molecule has 1 saturated heterocycles. The summed E-state index contributed by atoms with van der Waals surface area (Å²) in [6.07, 6.45) is 5.82. The fraction of sp³-hybridized carbons (Fsp3) is 0.833. The Balaban J connectivity index is 1.75. The molecule has 0 radical (unpaired) electrons. The maximum atomic E-state index is 13.6. The molecule has 1 aliphatic heterocycles. The SMILES string of the molecule is C=C1[C@@H]2CCC3[C@@]45CCCC(C)(C(=O)OC4)C5C(C(=O)OC)[C@]3(C2)[C@@H]1O[Si](C)(C)C. The third-order valence-electron chi connectivity index (χ3n) is 9.52. The van der Waals surface area contributed by atoms with E-state index >= 15 is 0 Å². The molecule has 1 heterocycles. The van der Waals surface area contributed by atoms with E-state index in [9.17, 15) is 9.59 Å². The molecule has 30 heavy (non-hydrogen) atoms. The number of esters is 2. The topological polar surface area (TPSA) is 61.8 Å². The van der Waals surface area contributed by atoms with E-state index < -0.39 is 13.7 Å². The summed E-state index contributed by atoms with van der Waals surface area (Å²) in [5.74, 6) is 0.0696. The fourth-order valence-electron chi connectivity index (χ4n) is 8.81. The highest BCUT2D eigenvalue weighted by molar-refractivity contribution is 6.69. The Morgan fingerprint density at radius 3 is 2.63 bits per heavy atom. The average molecular weight is 433 g/mol. The van der Waals surface area contributed by atoms with Crippen LogP contribution in [0.3, 0.4) is 0 Å². The van der Waals surface area contributed by atoms with Gasteiger partial charge in [0.1, 0.15) is 0 Å². The summed E-state index contributed by atoms with van der Waals surface area (Å²) in [5, 5.41) is 0. The van der Waals surface area contributed by atoms with Crippen molar-refractivity contribution in [2.75, 3.05) is 13.7 Å². The van der Waals surface area contributed by atoms with Crippen LogP contribution in [0.15, 0.2) is 12.2 Å². The molecule has 4 unspecified atom stereocenters. The molecule has 6 heteroatoms. The normalized spacial score (nSPS) is 49.3. The number of carbonyl (C=O) groups is 2. The van der Waals surface area contributed by atoms with Gasteiger partial charge in [0.2, 0.25) is 0 Å². The summed E-state index contributed by atoms with van der Waals surface area (Å²) >= 11 is 0. The van der Waals surface area contributed by atoms with E-state index in [-0.39, 0.29) is 40.7 Å². The first-order valence-corrected chi connectivity index (χ1v) is 15.0. The second-order valence-electron chi connectivity index (χ2n) is 11.9. The van der Waals surface area contributed by atoms with Gasteiger partial charge in [-0.3, -0.25) is 9.59 Å². The molecule has 0 aromatic rings. The lowest BCUT2D eigenvalue weighted by Crippen LogP contribution is -2.58. The maximum Gasteiger partial charge on any atom is 0.312 e. The van der Waals surface area contributed by atoms with Gasteiger partial charge in [0.05, 0.1) is 31.2 Å². The lowest BCUT2D eigenvalue weighted by atomic mass is 9.51. The molecule has 0 aromatic carbocycles. The van der Waals surface area contributed by atoms with Gasteiger partial charge in [-0.1, -0.05) is 13.0 Å². The van der Waals surface area contributed by atoms with Crippen LogP contribution in [-0.4, -0.2) is 40.1 Å². The van der Waals surface area contributed by atoms with Crippen molar-refractivity contribution in [2.45, 2.75) is 71.2 Å². The predicted octanol–water partition coefficient (Wildman–Crippen LogP) is 4.33. The van der Waals surface area contributed by atoms with Gasteiger partial charge in [-0.2, -0.15) is 0 Å². The second kappa shape index (κ2) is 6.22. The summed E-state index contributed by atoms with van der Waals surface area (Å²) < 4.78 is 18.2. The lowest BCUT2D eigenvalue weighted by molar-refractivity contribution is -0.201. The minimum Gasteiger partial charge on any atom is -0.469 e.